The summed E-state index contributed by atoms with van der Waals surface area (Å²) in [5, 5.41) is 10.1. The quantitative estimate of drug-likeness (QED) is 0.0626. The van der Waals surface area contributed by atoms with E-state index in [1.807, 2.05) is 12.1 Å². The van der Waals surface area contributed by atoms with Crippen LogP contribution in [0.5, 0.6) is 5.75 Å². The van der Waals surface area contributed by atoms with Gasteiger partial charge in [0.1, 0.15) is 48.7 Å². The standard InChI is InChI=1S/C36H46BrN5O11S2/c1-36(2,3)53-34(48)41-27(20-55)33(47)42-15-7-10-28(42)32(46)39-25(31(45)40-26(19-54)30(44)38-17-29(43)50-4)16-21-11-13-23(14-12-21)52-35(49)51-18-22-8-5-6-9-24(22)37/h5-6,8-9,11-14,25-28,54-55H,7,10,15-20H2,1-4H3,(H,38,44)(H,39,46)(H,40,45)(H,41,48)/t25-,26-,27-,28-/m0/s1. The number of ether oxygens (including phenoxy) is 4. The molecule has 0 saturated carbocycles. The van der Waals surface area contributed by atoms with Crippen molar-refractivity contribution in [1.82, 2.24) is 26.2 Å². The molecule has 1 saturated heterocycles. The second kappa shape index (κ2) is 21.6. The van der Waals surface area contributed by atoms with Crippen LogP contribution < -0.4 is 26.0 Å². The number of halogens is 1. The zero-order valence-electron chi connectivity index (χ0n) is 30.8. The first kappa shape index (κ1) is 44.9. The van der Waals surface area contributed by atoms with Crippen molar-refractivity contribution < 1.29 is 52.5 Å². The molecule has 5 amide bonds. The number of thiol groups is 2. The Balaban J connectivity index is 1.76. The smallest absolute Gasteiger partial charge is 0.468 e. The minimum Gasteiger partial charge on any atom is -0.468 e. The van der Waals surface area contributed by atoms with Crippen molar-refractivity contribution in [1.29, 1.82) is 0 Å². The molecule has 2 aromatic rings. The number of alkyl carbamates (subject to hydrolysis) is 1. The monoisotopic (exact) mass is 867 g/mol. The molecule has 4 N–H and O–H groups in total. The molecule has 3 rings (SSSR count). The Morgan fingerprint density at radius 1 is 0.891 bits per heavy atom. The minimum absolute atomic E-state index is 0.0254. The lowest BCUT2D eigenvalue weighted by Gasteiger charge is -2.30. The minimum atomic E-state index is -1.28. The Labute approximate surface area is 338 Å². The highest BCUT2D eigenvalue weighted by Crippen LogP contribution is 2.21. The first-order valence-corrected chi connectivity index (χ1v) is 19.2. The molecule has 4 atom stereocenters. The Bertz CT molecular complexity index is 1690. The van der Waals surface area contributed by atoms with Crippen LogP contribution >= 0.6 is 41.2 Å². The van der Waals surface area contributed by atoms with Crippen molar-refractivity contribution in [2.75, 3.05) is 31.7 Å². The summed E-state index contributed by atoms with van der Waals surface area (Å²) in [6, 6.07) is 8.79. The fraction of sp³-hybridized carbons (Fsp3) is 0.472. The molecule has 0 unspecified atom stereocenters. The molecule has 19 heteroatoms. The second-order valence-electron chi connectivity index (χ2n) is 13.3. The van der Waals surface area contributed by atoms with Gasteiger partial charge in [0, 0.05) is 34.5 Å². The zero-order chi connectivity index (χ0) is 40.7. The first-order valence-electron chi connectivity index (χ1n) is 17.2. The average Bonchev–Trinajstić information content (AvgIpc) is 3.64. The summed E-state index contributed by atoms with van der Waals surface area (Å²) in [6.45, 7) is 4.78. The number of methoxy groups -OCH3 is 1. The van der Waals surface area contributed by atoms with Crippen molar-refractivity contribution in [2.24, 2.45) is 0 Å². The number of nitrogens with zero attached hydrogens (tertiary/aromatic N) is 1. The summed E-state index contributed by atoms with van der Waals surface area (Å²) in [5.74, 6) is -3.44. The predicted octanol–water partition coefficient (Wildman–Crippen LogP) is 2.71. The lowest BCUT2D eigenvalue weighted by molar-refractivity contribution is -0.141. The van der Waals surface area contributed by atoms with Crippen LogP contribution in [0.2, 0.25) is 0 Å². The molecule has 1 aliphatic heterocycles. The lowest BCUT2D eigenvalue weighted by Crippen LogP contribution is -2.59. The molecular weight excluding hydrogens is 822 g/mol. The topological polar surface area (TPSA) is 208 Å². The van der Waals surface area contributed by atoms with Crippen LogP contribution in [-0.4, -0.2) is 108 Å². The molecule has 2 aromatic carbocycles. The number of carbonyl (C=O) groups is 7. The maximum Gasteiger partial charge on any atom is 0.514 e. The molecule has 1 fully saturated rings. The summed E-state index contributed by atoms with van der Waals surface area (Å²) in [6.07, 6.45) is -1.10. The fourth-order valence-electron chi connectivity index (χ4n) is 5.24. The second-order valence-corrected chi connectivity index (χ2v) is 14.8. The van der Waals surface area contributed by atoms with Gasteiger partial charge in [0.15, 0.2) is 0 Å². The third-order valence-electron chi connectivity index (χ3n) is 7.96. The Morgan fingerprint density at radius 2 is 1.56 bits per heavy atom. The first-order chi connectivity index (χ1) is 26.0. The van der Waals surface area contributed by atoms with Crippen LogP contribution in [0.4, 0.5) is 9.59 Å². The van der Waals surface area contributed by atoms with Crippen LogP contribution in [0.25, 0.3) is 0 Å². The Kier molecular flexibility index (Phi) is 17.6. The Hall–Kier alpha value is -4.49. The SMILES string of the molecule is COC(=O)CNC(=O)[C@H](CS)NC(=O)[C@H](Cc1ccc(OC(=O)OCc2ccccc2Br)cc1)NC(=O)[C@@H]1CCCN1C(=O)[C@H](CS)NC(=O)OC(C)(C)C. The van der Waals surface area contributed by atoms with Gasteiger partial charge in [-0.1, -0.05) is 46.3 Å². The van der Waals surface area contributed by atoms with Gasteiger partial charge in [-0.05, 0) is 57.4 Å². The number of hydrogen-bond acceptors (Lipinski definition) is 13. The summed E-state index contributed by atoms with van der Waals surface area (Å²) in [4.78, 5) is 91.5. The van der Waals surface area contributed by atoms with Gasteiger partial charge in [0.05, 0.1) is 7.11 Å². The predicted molar refractivity (Wildman–Crippen MR) is 210 cm³/mol. The van der Waals surface area contributed by atoms with Crippen LogP contribution in [-0.2, 0) is 51.2 Å². The van der Waals surface area contributed by atoms with E-state index in [0.717, 1.165) is 17.1 Å². The number of amides is 5. The highest BCUT2D eigenvalue weighted by atomic mass is 79.9. The van der Waals surface area contributed by atoms with E-state index in [2.05, 4.69) is 67.2 Å². The molecule has 0 spiro atoms. The van der Waals surface area contributed by atoms with Gasteiger partial charge in [-0.15, -0.1) is 0 Å². The fourth-order valence-corrected chi connectivity index (χ4v) is 6.15. The molecule has 0 aliphatic carbocycles. The van der Waals surface area contributed by atoms with Gasteiger partial charge in [-0.3, -0.25) is 24.0 Å². The van der Waals surface area contributed by atoms with E-state index in [-0.39, 0.29) is 43.2 Å². The average molecular weight is 869 g/mol. The number of esters is 1. The van der Waals surface area contributed by atoms with Crippen LogP contribution in [0.1, 0.15) is 44.7 Å². The van der Waals surface area contributed by atoms with E-state index in [4.69, 9.17) is 14.2 Å². The van der Waals surface area contributed by atoms with E-state index in [1.165, 1.54) is 17.0 Å². The number of hydrogen-bond donors (Lipinski definition) is 6. The van der Waals surface area contributed by atoms with Crippen molar-refractivity contribution in [3.63, 3.8) is 0 Å². The van der Waals surface area contributed by atoms with E-state index in [1.54, 1.807) is 45.0 Å². The Morgan fingerprint density at radius 3 is 2.18 bits per heavy atom. The van der Waals surface area contributed by atoms with Gasteiger partial charge in [0.25, 0.3) is 0 Å². The molecule has 55 heavy (non-hydrogen) atoms. The van der Waals surface area contributed by atoms with Crippen molar-refractivity contribution in [3.8, 4) is 5.75 Å². The van der Waals surface area contributed by atoms with Gasteiger partial charge < -0.3 is 45.1 Å². The number of likely N-dealkylation sites (tertiary alicyclic amines) is 1. The highest BCUT2D eigenvalue weighted by molar-refractivity contribution is 9.10. The molecule has 16 nitrogen and oxygen atoms in total. The number of nitrogens with one attached hydrogen (secondary N) is 4. The van der Waals surface area contributed by atoms with Gasteiger partial charge in [0.2, 0.25) is 23.6 Å². The van der Waals surface area contributed by atoms with E-state index >= 15 is 0 Å². The van der Waals surface area contributed by atoms with Gasteiger partial charge in [-0.25, -0.2) is 9.59 Å². The molecule has 0 aromatic heterocycles. The zero-order valence-corrected chi connectivity index (χ0v) is 34.2. The van der Waals surface area contributed by atoms with Crippen LogP contribution in [0.15, 0.2) is 53.0 Å². The van der Waals surface area contributed by atoms with Crippen LogP contribution in [0.3, 0.4) is 0 Å². The van der Waals surface area contributed by atoms with Gasteiger partial charge in [-0.2, -0.15) is 25.3 Å². The van der Waals surface area contributed by atoms with Crippen molar-refractivity contribution in [2.45, 2.75) is 76.4 Å². The van der Waals surface area contributed by atoms with Gasteiger partial charge >= 0.3 is 18.2 Å². The van der Waals surface area contributed by atoms with Crippen molar-refractivity contribution >= 4 is 83.0 Å². The van der Waals surface area contributed by atoms with Crippen LogP contribution in [0, 0.1) is 0 Å². The maximum absolute atomic E-state index is 13.8. The van der Waals surface area contributed by atoms with E-state index in [9.17, 15) is 33.6 Å². The molecule has 1 aliphatic rings. The normalized spacial score (nSPS) is 15.4. The largest absolute Gasteiger partial charge is 0.514 e. The highest BCUT2D eigenvalue weighted by Gasteiger charge is 2.39. The molecular formula is C36H46BrN5O11S2. The third kappa shape index (κ3) is 14.6. The van der Waals surface area contributed by atoms with E-state index in [0.29, 0.717) is 12.0 Å². The summed E-state index contributed by atoms with van der Waals surface area (Å²) in [5.41, 5.74) is 0.461. The maximum atomic E-state index is 13.8. The third-order valence-corrected chi connectivity index (χ3v) is 9.46. The molecule has 300 valence electrons. The molecule has 1 heterocycles. The van der Waals surface area contributed by atoms with Crippen molar-refractivity contribution in [3.05, 3.63) is 64.1 Å². The van der Waals surface area contributed by atoms with E-state index < -0.39 is 78.2 Å². The number of carbonyl (C=O) groups excluding carboxylic acids is 7. The lowest BCUT2D eigenvalue weighted by atomic mass is 10.0. The number of rotatable bonds is 16. The summed E-state index contributed by atoms with van der Waals surface area (Å²) < 4.78 is 21.1. The molecule has 0 radical (unpaired) electrons. The summed E-state index contributed by atoms with van der Waals surface area (Å²) in [7, 11) is 1.16. The summed E-state index contributed by atoms with van der Waals surface area (Å²) >= 11 is 11.8. The number of benzene rings is 2. The molecule has 0 bridgehead atoms.